The average molecular weight is 191 g/mol. The Morgan fingerprint density at radius 3 is 2.46 bits per heavy atom. The van der Waals surface area contributed by atoms with Crippen LogP contribution in [-0.4, -0.2) is 4.92 Å². The van der Waals surface area contributed by atoms with E-state index >= 15 is 0 Å². The number of rotatable bonds is 2. The summed E-state index contributed by atoms with van der Waals surface area (Å²) in [5.41, 5.74) is -1.31. The van der Waals surface area contributed by atoms with Crippen LogP contribution in [0.1, 0.15) is 5.56 Å². The summed E-state index contributed by atoms with van der Waals surface area (Å²) >= 11 is 0. The van der Waals surface area contributed by atoms with E-state index in [4.69, 9.17) is 0 Å². The van der Waals surface area contributed by atoms with Crippen molar-refractivity contribution in [1.29, 1.82) is 0 Å². The molecule has 0 bridgehead atoms. The van der Waals surface area contributed by atoms with E-state index in [1.807, 2.05) is 0 Å². The number of nitro groups is 1. The number of hydrogen-bond donors (Lipinski definition) is 0. The van der Waals surface area contributed by atoms with Crippen LogP contribution in [0.3, 0.4) is 0 Å². The zero-order chi connectivity index (χ0) is 10.0. The van der Waals surface area contributed by atoms with Crippen LogP contribution in [-0.2, 0) is 6.67 Å². The first-order chi connectivity index (χ1) is 6.06. The highest BCUT2D eigenvalue weighted by Crippen LogP contribution is 2.20. The van der Waals surface area contributed by atoms with Crippen molar-refractivity contribution in [2.45, 2.75) is 6.67 Å². The molecule has 0 aliphatic heterocycles. The summed E-state index contributed by atoms with van der Waals surface area (Å²) in [6.07, 6.45) is 0. The predicted octanol–water partition coefficient (Wildman–Crippen LogP) is 2.34. The number of alkyl halides is 1. The van der Waals surface area contributed by atoms with Gasteiger partial charge in [-0.25, -0.2) is 13.2 Å². The third-order valence-electron chi connectivity index (χ3n) is 1.44. The van der Waals surface area contributed by atoms with E-state index in [1.165, 1.54) is 0 Å². The summed E-state index contributed by atoms with van der Waals surface area (Å²) in [4.78, 5) is 9.21. The number of nitro benzene ring substituents is 1. The molecule has 0 aromatic heterocycles. The van der Waals surface area contributed by atoms with Crippen molar-refractivity contribution >= 4 is 5.69 Å². The Hall–Kier alpha value is -1.59. The van der Waals surface area contributed by atoms with Gasteiger partial charge in [-0.3, -0.25) is 10.1 Å². The summed E-state index contributed by atoms with van der Waals surface area (Å²) in [6, 6.07) is 1.08. The van der Waals surface area contributed by atoms with E-state index in [0.29, 0.717) is 12.1 Å². The van der Waals surface area contributed by atoms with Gasteiger partial charge in [-0.05, 0) is 0 Å². The Kier molecular flexibility index (Phi) is 2.50. The van der Waals surface area contributed by atoms with Crippen LogP contribution in [0.25, 0.3) is 0 Å². The summed E-state index contributed by atoms with van der Waals surface area (Å²) in [7, 11) is 0. The van der Waals surface area contributed by atoms with Crippen molar-refractivity contribution in [2.24, 2.45) is 0 Å². The molecule has 70 valence electrons. The van der Waals surface area contributed by atoms with Crippen LogP contribution in [0.2, 0.25) is 0 Å². The molecule has 1 rings (SSSR count). The molecule has 6 heteroatoms. The average Bonchev–Trinajstić information content (AvgIpc) is 2.09. The second-order valence-corrected chi connectivity index (χ2v) is 2.29. The molecule has 0 fully saturated rings. The summed E-state index contributed by atoms with van der Waals surface area (Å²) in [5, 5.41) is 10.1. The van der Waals surface area contributed by atoms with Gasteiger partial charge in [0.25, 0.3) is 5.69 Å². The van der Waals surface area contributed by atoms with Gasteiger partial charge in [-0.2, -0.15) is 0 Å². The highest BCUT2D eigenvalue weighted by atomic mass is 19.2. The van der Waals surface area contributed by atoms with E-state index in [-0.39, 0.29) is 0 Å². The predicted molar refractivity (Wildman–Crippen MR) is 37.8 cm³/mol. The maximum atomic E-state index is 12.6. The molecule has 13 heavy (non-hydrogen) atoms. The Balaban J connectivity index is 3.30. The maximum Gasteiger partial charge on any atom is 0.272 e. The third kappa shape index (κ3) is 1.77. The Morgan fingerprint density at radius 2 is 2.00 bits per heavy atom. The zero-order valence-corrected chi connectivity index (χ0v) is 6.26. The summed E-state index contributed by atoms with van der Waals surface area (Å²) < 4.78 is 37.1. The molecule has 0 aliphatic rings. The minimum Gasteiger partial charge on any atom is -0.258 e. The molecule has 0 amide bonds. The third-order valence-corrected chi connectivity index (χ3v) is 1.44. The van der Waals surface area contributed by atoms with Crippen LogP contribution >= 0.6 is 0 Å². The van der Waals surface area contributed by atoms with E-state index in [1.54, 1.807) is 0 Å². The molecular formula is C7H4F3NO2. The van der Waals surface area contributed by atoms with Crippen molar-refractivity contribution in [3.63, 3.8) is 0 Å². The monoisotopic (exact) mass is 191 g/mol. The van der Waals surface area contributed by atoms with Crippen molar-refractivity contribution in [3.8, 4) is 0 Å². The molecule has 0 spiro atoms. The van der Waals surface area contributed by atoms with Gasteiger partial charge in [0.15, 0.2) is 11.6 Å². The fraction of sp³-hybridized carbons (Fsp3) is 0.143. The van der Waals surface area contributed by atoms with E-state index in [0.717, 1.165) is 0 Å². The highest BCUT2D eigenvalue weighted by Gasteiger charge is 2.16. The van der Waals surface area contributed by atoms with Crippen molar-refractivity contribution < 1.29 is 18.1 Å². The van der Waals surface area contributed by atoms with E-state index < -0.39 is 34.5 Å². The molecule has 3 nitrogen and oxygen atoms in total. The topological polar surface area (TPSA) is 43.1 Å². The van der Waals surface area contributed by atoms with Gasteiger partial charge < -0.3 is 0 Å². The minimum atomic E-state index is -1.41. The Morgan fingerprint density at radius 1 is 1.38 bits per heavy atom. The van der Waals surface area contributed by atoms with Crippen LogP contribution in [0.15, 0.2) is 12.1 Å². The summed E-state index contributed by atoms with van der Waals surface area (Å²) in [6.45, 7) is -1.27. The van der Waals surface area contributed by atoms with E-state index in [2.05, 4.69) is 0 Å². The first kappa shape index (κ1) is 9.50. The Bertz CT molecular complexity index is 354. The molecule has 0 saturated carbocycles. The fourth-order valence-corrected chi connectivity index (χ4v) is 0.833. The van der Waals surface area contributed by atoms with Crippen LogP contribution in [0.4, 0.5) is 18.9 Å². The molecule has 0 saturated heterocycles. The largest absolute Gasteiger partial charge is 0.272 e. The van der Waals surface area contributed by atoms with Gasteiger partial charge in [0, 0.05) is 11.6 Å². The maximum absolute atomic E-state index is 12.6. The minimum absolute atomic E-state index is 0.411. The first-order valence-electron chi connectivity index (χ1n) is 3.24. The van der Waals surface area contributed by atoms with Gasteiger partial charge in [0.1, 0.15) is 6.67 Å². The second kappa shape index (κ2) is 3.42. The molecule has 0 radical (unpaired) electrons. The smallest absolute Gasteiger partial charge is 0.258 e. The molecule has 0 N–H and O–H groups in total. The number of benzene rings is 1. The van der Waals surface area contributed by atoms with Gasteiger partial charge in [0.2, 0.25) is 0 Å². The highest BCUT2D eigenvalue weighted by molar-refractivity contribution is 5.35. The number of non-ortho nitro benzene ring substituents is 1. The molecular weight excluding hydrogens is 187 g/mol. The van der Waals surface area contributed by atoms with Crippen LogP contribution < -0.4 is 0 Å². The van der Waals surface area contributed by atoms with Gasteiger partial charge in [-0.15, -0.1) is 0 Å². The van der Waals surface area contributed by atoms with E-state index in [9.17, 15) is 23.3 Å². The SMILES string of the molecule is O=[N+]([O-])c1cc(F)c(F)c(CF)c1. The Labute approximate surface area is 70.9 Å². The van der Waals surface area contributed by atoms with Crippen molar-refractivity contribution in [3.05, 3.63) is 39.4 Å². The lowest BCUT2D eigenvalue weighted by atomic mass is 10.2. The second-order valence-electron chi connectivity index (χ2n) is 2.29. The number of hydrogen-bond acceptors (Lipinski definition) is 2. The zero-order valence-electron chi connectivity index (χ0n) is 6.26. The van der Waals surface area contributed by atoms with Gasteiger partial charge in [-0.1, -0.05) is 0 Å². The lowest BCUT2D eigenvalue weighted by Gasteiger charge is -1.98. The van der Waals surface area contributed by atoms with Gasteiger partial charge in [0.05, 0.1) is 11.0 Å². The lowest BCUT2D eigenvalue weighted by molar-refractivity contribution is -0.385. The van der Waals surface area contributed by atoms with Crippen molar-refractivity contribution in [2.75, 3.05) is 0 Å². The number of halogens is 3. The van der Waals surface area contributed by atoms with Gasteiger partial charge >= 0.3 is 0 Å². The quantitative estimate of drug-likeness (QED) is 0.531. The summed E-state index contributed by atoms with van der Waals surface area (Å²) in [5.74, 6) is -2.80. The van der Waals surface area contributed by atoms with Crippen LogP contribution in [0.5, 0.6) is 0 Å². The normalized spacial score (nSPS) is 10.1. The molecule has 1 aromatic rings. The molecule has 0 aliphatic carbocycles. The molecule has 0 heterocycles. The molecule has 1 aromatic carbocycles. The number of nitrogens with zero attached hydrogens (tertiary/aromatic N) is 1. The standard InChI is InChI=1S/C7H4F3NO2/c8-3-4-1-5(11(12)13)2-6(9)7(4)10/h1-2H,3H2. The first-order valence-corrected chi connectivity index (χ1v) is 3.24. The fourth-order valence-electron chi connectivity index (χ4n) is 0.833. The molecule has 0 atom stereocenters. The lowest BCUT2D eigenvalue weighted by Crippen LogP contribution is -1.96. The van der Waals surface area contributed by atoms with Crippen molar-refractivity contribution in [1.82, 2.24) is 0 Å². The molecule has 0 unspecified atom stereocenters. The van der Waals surface area contributed by atoms with Crippen LogP contribution in [0, 0.1) is 21.7 Å².